The summed E-state index contributed by atoms with van der Waals surface area (Å²) in [7, 11) is 0. The standard InChI is InChI=1S/C23H23N3O2/c1-17-10-11-21(25-16-17)26-14-15-28-22-19(8-5-9-20(22)26)23(27)24-13-12-18-6-3-2-4-7-18/h2-11,16H,12-15H2,1H3,(H,24,27). The molecule has 0 spiro atoms. The number of carbonyl (C=O) groups is 1. The van der Waals surface area contributed by atoms with Gasteiger partial charge in [-0.05, 0) is 42.7 Å². The summed E-state index contributed by atoms with van der Waals surface area (Å²) in [5.41, 5.74) is 3.75. The molecule has 142 valence electrons. The van der Waals surface area contributed by atoms with Gasteiger partial charge < -0.3 is 15.0 Å². The third kappa shape index (κ3) is 3.83. The van der Waals surface area contributed by atoms with Crippen LogP contribution in [0.25, 0.3) is 0 Å². The van der Waals surface area contributed by atoms with E-state index in [2.05, 4.69) is 27.3 Å². The van der Waals surface area contributed by atoms with Crippen LogP contribution in [0.1, 0.15) is 21.5 Å². The second kappa shape index (κ2) is 8.13. The van der Waals surface area contributed by atoms with E-state index >= 15 is 0 Å². The van der Waals surface area contributed by atoms with Crippen LogP contribution in [0.2, 0.25) is 0 Å². The Kier molecular flexibility index (Phi) is 5.24. The zero-order valence-electron chi connectivity index (χ0n) is 15.9. The van der Waals surface area contributed by atoms with Gasteiger partial charge in [0.25, 0.3) is 5.91 Å². The highest BCUT2D eigenvalue weighted by Gasteiger charge is 2.25. The number of aromatic nitrogens is 1. The maximum Gasteiger partial charge on any atom is 0.255 e. The average molecular weight is 373 g/mol. The van der Waals surface area contributed by atoms with E-state index in [9.17, 15) is 4.79 Å². The Labute approximate surface area is 165 Å². The molecule has 0 saturated heterocycles. The van der Waals surface area contributed by atoms with E-state index in [1.54, 1.807) is 0 Å². The molecule has 1 aromatic heterocycles. The molecule has 0 fully saturated rings. The summed E-state index contributed by atoms with van der Waals surface area (Å²) in [5.74, 6) is 1.36. The summed E-state index contributed by atoms with van der Waals surface area (Å²) in [6.07, 6.45) is 2.65. The number of carbonyl (C=O) groups excluding carboxylic acids is 1. The minimum Gasteiger partial charge on any atom is -0.489 e. The van der Waals surface area contributed by atoms with E-state index < -0.39 is 0 Å². The second-order valence-corrected chi connectivity index (χ2v) is 6.84. The molecule has 0 bridgehead atoms. The van der Waals surface area contributed by atoms with Crippen molar-refractivity contribution in [1.82, 2.24) is 10.3 Å². The van der Waals surface area contributed by atoms with Gasteiger partial charge in [-0.2, -0.15) is 0 Å². The van der Waals surface area contributed by atoms with Crippen molar-refractivity contribution in [2.24, 2.45) is 0 Å². The summed E-state index contributed by atoms with van der Waals surface area (Å²) >= 11 is 0. The zero-order chi connectivity index (χ0) is 19.3. The van der Waals surface area contributed by atoms with Gasteiger partial charge in [0.1, 0.15) is 12.4 Å². The fraction of sp³-hybridized carbons (Fsp3) is 0.217. The summed E-state index contributed by atoms with van der Waals surface area (Å²) < 4.78 is 5.89. The molecule has 1 aliphatic rings. The maximum atomic E-state index is 12.8. The van der Waals surface area contributed by atoms with Gasteiger partial charge in [-0.15, -0.1) is 0 Å². The number of fused-ring (bicyclic) bond motifs is 1. The maximum absolute atomic E-state index is 12.8. The Morgan fingerprint density at radius 2 is 1.96 bits per heavy atom. The number of amides is 1. The number of hydrogen-bond acceptors (Lipinski definition) is 4. The van der Waals surface area contributed by atoms with Crippen LogP contribution in [0.5, 0.6) is 5.75 Å². The lowest BCUT2D eigenvalue weighted by atomic mass is 10.1. The van der Waals surface area contributed by atoms with Crippen LogP contribution in [-0.4, -0.2) is 30.6 Å². The predicted octanol–water partition coefficient (Wildman–Crippen LogP) is 3.89. The number of aryl methyl sites for hydroxylation is 1. The molecule has 0 radical (unpaired) electrons. The van der Waals surface area contributed by atoms with Crippen molar-refractivity contribution in [1.29, 1.82) is 0 Å². The Balaban J connectivity index is 1.52. The Morgan fingerprint density at radius 1 is 1.11 bits per heavy atom. The summed E-state index contributed by atoms with van der Waals surface area (Å²) in [6, 6.07) is 19.8. The molecule has 0 atom stereocenters. The predicted molar refractivity (Wildman–Crippen MR) is 110 cm³/mol. The van der Waals surface area contributed by atoms with E-state index in [0.717, 1.165) is 23.5 Å². The Morgan fingerprint density at radius 3 is 2.75 bits per heavy atom. The summed E-state index contributed by atoms with van der Waals surface area (Å²) in [6.45, 7) is 3.80. The fourth-order valence-corrected chi connectivity index (χ4v) is 3.35. The molecule has 1 aliphatic heterocycles. The monoisotopic (exact) mass is 373 g/mol. The molecule has 5 heteroatoms. The topological polar surface area (TPSA) is 54.5 Å². The number of rotatable bonds is 5. The number of anilines is 2. The van der Waals surface area contributed by atoms with Crippen molar-refractivity contribution in [3.05, 3.63) is 83.6 Å². The zero-order valence-corrected chi connectivity index (χ0v) is 15.9. The SMILES string of the molecule is Cc1ccc(N2CCOc3c(C(=O)NCCc4ccccc4)cccc32)nc1. The smallest absolute Gasteiger partial charge is 0.255 e. The van der Waals surface area contributed by atoms with Crippen molar-refractivity contribution >= 4 is 17.4 Å². The van der Waals surface area contributed by atoms with Gasteiger partial charge in [0.2, 0.25) is 0 Å². The highest BCUT2D eigenvalue weighted by atomic mass is 16.5. The molecule has 1 amide bonds. The molecule has 2 heterocycles. The molecule has 2 aromatic carbocycles. The number of hydrogen-bond donors (Lipinski definition) is 1. The first kappa shape index (κ1) is 18.0. The van der Waals surface area contributed by atoms with Crippen LogP contribution in [0.15, 0.2) is 66.9 Å². The van der Waals surface area contributed by atoms with E-state index in [1.165, 1.54) is 5.56 Å². The summed E-state index contributed by atoms with van der Waals surface area (Å²) in [5, 5.41) is 3.01. The molecule has 0 unspecified atom stereocenters. The van der Waals surface area contributed by atoms with Gasteiger partial charge in [0.15, 0.2) is 5.75 Å². The van der Waals surface area contributed by atoms with Gasteiger partial charge >= 0.3 is 0 Å². The normalized spacial score (nSPS) is 12.8. The Hall–Kier alpha value is -3.34. The van der Waals surface area contributed by atoms with Gasteiger partial charge in [0.05, 0.1) is 17.8 Å². The first-order valence-electron chi connectivity index (χ1n) is 9.50. The molecule has 3 aromatic rings. The highest BCUT2D eigenvalue weighted by molar-refractivity contribution is 5.99. The van der Waals surface area contributed by atoms with Crippen LogP contribution in [-0.2, 0) is 6.42 Å². The van der Waals surface area contributed by atoms with Crippen molar-refractivity contribution in [3.8, 4) is 5.75 Å². The number of para-hydroxylation sites is 1. The lowest BCUT2D eigenvalue weighted by molar-refractivity contribution is 0.0950. The van der Waals surface area contributed by atoms with Crippen molar-refractivity contribution in [2.45, 2.75) is 13.3 Å². The van der Waals surface area contributed by atoms with Crippen LogP contribution in [0.4, 0.5) is 11.5 Å². The average Bonchev–Trinajstić information content (AvgIpc) is 2.74. The number of nitrogens with one attached hydrogen (secondary N) is 1. The van der Waals surface area contributed by atoms with E-state index in [4.69, 9.17) is 4.74 Å². The lowest BCUT2D eigenvalue weighted by Gasteiger charge is -2.31. The number of pyridine rings is 1. The number of benzene rings is 2. The number of nitrogens with zero attached hydrogens (tertiary/aromatic N) is 2. The first-order chi connectivity index (χ1) is 13.7. The van der Waals surface area contributed by atoms with E-state index in [-0.39, 0.29) is 5.91 Å². The summed E-state index contributed by atoms with van der Waals surface area (Å²) in [4.78, 5) is 19.4. The quantitative estimate of drug-likeness (QED) is 0.737. The Bertz CT molecular complexity index is 955. The molecule has 28 heavy (non-hydrogen) atoms. The van der Waals surface area contributed by atoms with Crippen LogP contribution in [0.3, 0.4) is 0 Å². The fourth-order valence-electron chi connectivity index (χ4n) is 3.35. The first-order valence-corrected chi connectivity index (χ1v) is 9.50. The molecular weight excluding hydrogens is 350 g/mol. The lowest BCUT2D eigenvalue weighted by Crippen LogP contribution is -2.32. The minimum absolute atomic E-state index is 0.119. The third-order valence-electron chi connectivity index (χ3n) is 4.81. The van der Waals surface area contributed by atoms with Crippen molar-refractivity contribution in [2.75, 3.05) is 24.6 Å². The molecule has 5 nitrogen and oxygen atoms in total. The van der Waals surface area contributed by atoms with E-state index in [0.29, 0.717) is 31.0 Å². The largest absolute Gasteiger partial charge is 0.489 e. The van der Waals surface area contributed by atoms with Crippen molar-refractivity contribution in [3.63, 3.8) is 0 Å². The second-order valence-electron chi connectivity index (χ2n) is 6.84. The molecule has 1 N–H and O–H groups in total. The molecule has 0 saturated carbocycles. The minimum atomic E-state index is -0.119. The molecular formula is C23H23N3O2. The van der Waals surface area contributed by atoms with Crippen LogP contribution >= 0.6 is 0 Å². The molecule has 4 rings (SSSR count). The van der Waals surface area contributed by atoms with Crippen LogP contribution in [0, 0.1) is 6.92 Å². The van der Waals surface area contributed by atoms with Gasteiger partial charge in [0, 0.05) is 12.7 Å². The van der Waals surface area contributed by atoms with Crippen LogP contribution < -0.4 is 15.0 Å². The van der Waals surface area contributed by atoms with Gasteiger partial charge in [-0.1, -0.05) is 42.5 Å². The van der Waals surface area contributed by atoms with Crippen molar-refractivity contribution < 1.29 is 9.53 Å². The van der Waals surface area contributed by atoms with E-state index in [1.807, 2.05) is 61.7 Å². The number of ether oxygens (including phenoxy) is 1. The van der Waals surface area contributed by atoms with Gasteiger partial charge in [-0.3, -0.25) is 4.79 Å². The molecule has 0 aliphatic carbocycles. The highest BCUT2D eigenvalue weighted by Crippen LogP contribution is 2.38. The third-order valence-corrected chi connectivity index (χ3v) is 4.81. The van der Waals surface area contributed by atoms with Gasteiger partial charge in [-0.25, -0.2) is 4.98 Å².